The molecule has 0 aromatic heterocycles. The van der Waals surface area contributed by atoms with Gasteiger partial charge in [0.05, 0.1) is 16.1 Å². The smallest absolute Gasteiger partial charge is 0.267 e. The Hall–Kier alpha value is -3.33. The molecule has 0 unspecified atom stereocenters. The van der Waals surface area contributed by atoms with Crippen molar-refractivity contribution in [2.75, 3.05) is 0 Å². The summed E-state index contributed by atoms with van der Waals surface area (Å²) in [7, 11) is 0. The van der Waals surface area contributed by atoms with Gasteiger partial charge in [-0.2, -0.15) is 5.10 Å². The van der Waals surface area contributed by atoms with E-state index in [-0.39, 0.29) is 16.3 Å². The Morgan fingerprint density at radius 3 is 2.54 bits per heavy atom. The lowest BCUT2D eigenvalue weighted by molar-refractivity contribution is -0.385. The van der Waals surface area contributed by atoms with Crippen LogP contribution in [-0.2, 0) is 0 Å². The van der Waals surface area contributed by atoms with Gasteiger partial charge < -0.3 is 0 Å². The van der Waals surface area contributed by atoms with E-state index < -0.39 is 21.4 Å². The lowest BCUT2D eigenvalue weighted by atomic mass is 10.2. The van der Waals surface area contributed by atoms with Gasteiger partial charge in [0.25, 0.3) is 17.3 Å². The van der Waals surface area contributed by atoms with Gasteiger partial charge in [-0.15, -0.1) is 0 Å². The maximum absolute atomic E-state index is 11.9. The van der Waals surface area contributed by atoms with Crippen LogP contribution in [0.25, 0.3) is 0 Å². The van der Waals surface area contributed by atoms with Crippen molar-refractivity contribution in [2.24, 2.45) is 5.10 Å². The molecule has 9 nitrogen and oxygen atoms in total. The summed E-state index contributed by atoms with van der Waals surface area (Å²) < 4.78 is 0. The molecule has 122 valence electrons. The first-order valence-corrected chi connectivity index (χ1v) is 6.78. The van der Waals surface area contributed by atoms with Crippen LogP contribution in [0.3, 0.4) is 0 Å². The number of nitrogens with one attached hydrogen (secondary N) is 1. The molecule has 0 bridgehead atoms. The highest BCUT2D eigenvalue weighted by Crippen LogP contribution is 2.24. The molecule has 0 heterocycles. The normalized spacial score (nSPS) is 10.5. The standard InChI is InChI=1S/C14H9ClN4O5/c15-12-5-4-10(7-13(12)19(23)24)14(20)17-16-8-9-2-1-3-11(6-9)18(21)22/h1-8H,(H,17,20). The van der Waals surface area contributed by atoms with Crippen molar-refractivity contribution in [3.8, 4) is 0 Å². The van der Waals surface area contributed by atoms with Crippen LogP contribution in [0.1, 0.15) is 15.9 Å². The molecule has 2 rings (SSSR count). The summed E-state index contributed by atoms with van der Waals surface area (Å²) in [5.74, 6) is -0.684. The Morgan fingerprint density at radius 2 is 1.88 bits per heavy atom. The highest BCUT2D eigenvalue weighted by molar-refractivity contribution is 6.32. The third-order valence-corrected chi connectivity index (χ3v) is 3.19. The van der Waals surface area contributed by atoms with Crippen LogP contribution in [0, 0.1) is 20.2 Å². The van der Waals surface area contributed by atoms with Crippen LogP contribution in [0.5, 0.6) is 0 Å². The molecule has 0 atom stereocenters. The van der Waals surface area contributed by atoms with Crippen molar-refractivity contribution in [3.05, 3.63) is 78.8 Å². The number of benzene rings is 2. The van der Waals surface area contributed by atoms with Crippen LogP contribution >= 0.6 is 11.6 Å². The van der Waals surface area contributed by atoms with E-state index in [1.165, 1.54) is 36.5 Å². The van der Waals surface area contributed by atoms with Crippen molar-refractivity contribution in [1.29, 1.82) is 0 Å². The summed E-state index contributed by atoms with van der Waals surface area (Å²) in [5.41, 5.74) is 2.08. The average Bonchev–Trinajstić information content (AvgIpc) is 2.55. The molecule has 1 amide bonds. The Kier molecular flexibility index (Phi) is 5.17. The van der Waals surface area contributed by atoms with E-state index in [9.17, 15) is 25.0 Å². The Morgan fingerprint density at radius 1 is 1.12 bits per heavy atom. The van der Waals surface area contributed by atoms with Gasteiger partial charge in [-0.25, -0.2) is 5.43 Å². The summed E-state index contributed by atoms with van der Waals surface area (Å²) >= 11 is 5.66. The number of nitro benzene ring substituents is 2. The van der Waals surface area contributed by atoms with Gasteiger partial charge >= 0.3 is 0 Å². The fourth-order valence-electron chi connectivity index (χ4n) is 1.74. The molecular weight excluding hydrogens is 340 g/mol. The number of carbonyl (C=O) groups excluding carboxylic acids is 1. The second-order valence-electron chi connectivity index (χ2n) is 4.47. The largest absolute Gasteiger partial charge is 0.288 e. The Bertz CT molecular complexity index is 853. The van der Waals surface area contributed by atoms with E-state index >= 15 is 0 Å². The molecule has 0 aliphatic carbocycles. The Balaban J connectivity index is 2.10. The first-order chi connectivity index (χ1) is 11.4. The molecule has 2 aromatic carbocycles. The zero-order valence-electron chi connectivity index (χ0n) is 11.9. The number of hydrazone groups is 1. The van der Waals surface area contributed by atoms with E-state index in [1.54, 1.807) is 6.07 Å². The number of amides is 1. The topological polar surface area (TPSA) is 128 Å². The number of hydrogen-bond acceptors (Lipinski definition) is 6. The third kappa shape index (κ3) is 4.11. The molecule has 0 radical (unpaired) electrons. The quantitative estimate of drug-likeness (QED) is 0.504. The van der Waals surface area contributed by atoms with E-state index in [2.05, 4.69) is 10.5 Å². The third-order valence-electron chi connectivity index (χ3n) is 2.87. The minimum Gasteiger partial charge on any atom is -0.267 e. The SMILES string of the molecule is O=C(NN=Cc1cccc([N+](=O)[O-])c1)c1ccc(Cl)c([N+](=O)[O-])c1. The predicted molar refractivity (Wildman–Crippen MR) is 86.3 cm³/mol. The van der Waals surface area contributed by atoms with Gasteiger partial charge in [-0.1, -0.05) is 23.7 Å². The summed E-state index contributed by atoms with van der Waals surface area (Å²) in [5, 5.41) is 25.0. The zero-order valence-corrected chi connectivity index (χ0v) is 12.6. The molecule has 1 N–H and O–H groups in total. The first-order valence-electron chi connectivity index (χ1n) is 6.40. The van der Waals surface area contributed by atoms with E-state index in [1.807, 2.05) is 0 Å². The van der Waals surface area contributed by atoms with E-state index in [4.69, 9.17) is 11.6 Å². The number of carbonyl (C=O) groups is 1. The molecule has 0 saturated heterocycles. The summed E-state index contributed by atoms with van der Waals surface area (Å²) in [6.07, 6.45) is 1.22. The lowest BCUT2D eigenvalue weighted by Crippen LogP contribution is -2.17. The van der Waals surface area contributed by atoms with Crippen molar-refractivity contribution in [2.45, 2.75) is 0 Å². The predicted octanol–water partition coefficient (Wildman–Crippen LogP) is 2.92. The van der Waals surface area contributed by atoms with Gasteiger partial charge in [0.2, 0.25) is 0 Å². The molecule has 0 aliphatic heterocycles. The van der Waals surface area contributed by atoms with Gasteiger partial charge in [0.15, 0.2) is 0 Å². The minimum atomic E-state index is -0.703. The van der Waals surface area contributed by atoms with E-state index in [0.29, 0.717) is 5.56 Å². The van der Waals surface area contributed by atoms with Gasteiger partial charge in [-0.3, -0.25) is 25.0 Å². The summed E-state index contributed by atoms with van der Waals surface area (Å²) in [6, 6.07) is 9.22. The van der Waals surface area contributed by atoms with Crippen molar-refractivity contribution >= 4 is 35.1 Å². The molecule has 24 heavy (non-hydrogen) atoms. The first kappa shape index (κ1) is 17.0. The minimum absolute atomic E-state index is 0.00212. The molecule has 0 aliphatic rings. The monoisotopic (exact) mass is 348 g/mol. The number of rotatable bonds is 5. The Labute approximate surface area is 139 Å². The van der Waals surface area contributed by atoms with Crippen molar-refractivity contribution in [3.63, 3.8) is 0 Å². The fourth-order valence-corrected chi connectivity index (χ4v) is 1.93. The molecule has 2 aromatic rings. The second kappa shape index (κ2) is 7.29. The van der Waals surface area contributed by atoms with Crippen molar-refractivity contribution in [1.82, 2.24) is 5.43 Å². The van der Waals surface area contributed by atoms with Gasteiger partial charge in [0.1, 0.15) is 5.02 Å². The number of hydrogen-bond donors (Lipinski definition) is 1. The zero-order chi connectivity index (χ0) is 17.7. The number of halogens is 1. The van der Waals surface area contributed by atoms with Gasteiger partial charge in [-0.05, 0) is 12.1 Å². The van der Waals surface area contributed by atoms with Crippen LogP contribution in [0.2, 0.25) is 5.02 Å². The second-order valence-corrected chi connectivity index (χ2v) is 4.88. The average molecular weight is 349 g/mol. The number of nitrogens with zero attached hydrogens (tertiary/aromatic N) is 3. The van der Waals surface area contributed by atoms with Crippen LogP contribution in [0.15, 0.2) is 47.6 Å². The van der Waals surface area contributed by atoms with Crippen LogP contribution < -0.4 is 5.43 Å². The maximum Gasteiger partial charge on any atom is 0.288 e. The summed E-state index contributed by atoms with van der Waals surface area (Å²) in [4.78, 5) is 32.1. The maximum atomic E-state index is 11.9. The molecular formula is C14H9ClN4O5. The summed E-state index contributed by atoms with van der Waals surface area (Å²) in [6.45, 7) is 0. The molecule has 0 fully saturated rings. The molecule has 10 heteroatoms. The molecule has 0 saturated carbocycles. The van der Waals surface area contributed by atoms with E-state index in [0.717, 1.165) is 6.07 Å². The highest BCUT2D eigenvalue weighted by Gasteiger charge is 2.15. The van der Waals surface area contributed by atoms with Crippen LogP contribution in [0.4, 0.5) is 11.4 Å². The van der Waals surface area contributed by atoms with Crippen LogP contribution in [-0.4, -0.2) is 22.0 Å². The number of non-ortho nitro benzene ring substituents is 1. The number of nitro groups is 2. The highest BCUT2D eigenvalue weighted by atomic mass is 35.5. The van der Waals surface area contributed by atoms with Crippen molar-refractivity contribution < 1.29 is 14.6 Å². The lowest BCUT2D eigenvalue weighted by Gasteiger charge is -2.01. The van der Waals surface area contributed by atoms with Gasteiger partial charge in [0, 0.05) is 29.3 Å². The molecule has 0 spiro atoms. The fraction of sp³-hybridized carbons (Fsp3) is 0.